The van der Waals surface area contributed by atoms with E-state index in [0.29, 0.717) is 18.1 Å². The smallest absolute Gasteiger partial charge is 0.240 e. The molecule has 0 saturated carbocycles. The summed E-state index contributed by atoms with van der Waals surface area (Å²) in [6.07, 6.45) is 2.60. The quantitative estimate of drug-likeness (QED) is 0.718. The van der Waals surface area contributed by atoms with Gasteiger partial charge in [0.05, 0.1) is 12.8 Å². The molecular weight excluding hydrogens is 240 g/mol. The summed E-state index contributed by atoms with van der Waals surface area (Å²) in [6.45, 7) is 2.76. The number of hydrogen-bond acceptors (Lipinski definition) is 4. The number of aromatic nitrogens is 4. The standard InChI is InChI=1S/C14H14N4O/c1-2-11-6-3-4-7-12(11)10-18-16-14(15-17-18)13-8-5-9-19-13/h3-9H,2,10H2,1H3. The van der Waals surface area contributed by atoms with E-state index < -0.39 is 0 Å². The molecule has 5 nitrogen and oxygen atoms in total. The van der Waals surface area contributed by atoms with Crippen molar-refractivity contribution in [1.82, 2.24) is 20.2 Å². The van der Waals surface area contributed by atoms with Gasteiger partial charge in [-0.3, -0.25) is 0 Å². The van der Waals surface area contributed by atoms with Crippen molar-refractivity contribution >= 4 is 0 Å². The maximum absolute atomic E-state index is 5.25. The molecule has 5 heteroatoms. The Balaban J connectivity index is 1.84. The molecule has 3 aromatic rings. The first-order valence-electron chi connectivity index (χ1n) is 6.25. The summed E-state index contributed by atoms with van der Waals surface area (Å²) in [5.41, 5.74) is 2.52. The van der Waals surface area contributed by atoms with Gasteiger partial charge in [0.15, 0.2) is 5.76 Å². The molecule has 0 fully saturated rings. The lowest BCUT2D eigenvalue weighted by Crippen LogP contribution is -2.06. The van der Waals surface area contributed by atoms with Gasteiger partial charge in [0, 0.05) is 0 Å². The minimum atomic E-state index is 0.513. The molecule has 2 heterocycles. The number of rotatable bonds is 4. The molecule has 0 amide bonds. The summed E-state index contributed by atoms with van der Waals surface area (Å²) in [4.78, 5) is 1.59. The fraction of sp³-hybridized carbons (Fsp3) is 0.214. The Morgan fingerprint density at radius 3 is 2.68 bits per heavy atom. The van der Waals surface area contributed by atoms with Crippen LogP contribution in [0.2, 0.25) is 0 Å². The summed E-state index contributed by atoms with van der Waals surface area (Å²) in [6, 6.07) is 11.9. The largest absolute Gasteiger partial charge is 0.461 e. The third-order valence-electron chi connectivity index (χ3n) is 3.01. The highest BCUT2D eigenvalue weighted by atomic mass is 16.3. The first kappa shape index (κ1) is 11.6. The molecule has 96 valence electrons. The number of aryl methyl sites for hydroxylation is 1. The molecule has 0 saturated heterocycles. The van der Waals surface area contributed by atoms with Gasteiger partial charge >= 0.3 is 0 Å². The van der Waals surface area contributed by atoms with E-state index in [4.69, 9.17) is 4.42 Å². The molecule has 0 unspecified atom stereocenters. The molecule has 0 radical (unpaired) electrons. The third kappa shape index (κ3) is 2.40. The second-order valence-electron chi connectivity index (χ2n) is 4.24. The first-order chi connectivity index (χ1) is 9.36. The Morgan fingerprint density at radius 2 is 1.95 bits per heavy atom. The van der Waals surface area contributed by atoms with E-state index in [0.717, 1.165) is 6.42 Å². The highest BCUT2D eigenvalue weighted by Crippen LogP contribution is 2.14. The summed E-state index contributed by atoms with van der Waals surface area (Å²) < 4.78 is 5.25. The minimum absolute atomic E-state index is 0.513. The number of benzene rings is 1. The zero-order chi connectivity index (χ0) is 13.1. The molecule has 0 aliphatic rings. The Hall–Kier alpha value is -2.43. The lowest BCUT2D eigenvalue weighted by molar-refractivity contribution is 0.563. The Morgan fingerprint density at radius 1 is 1.11 bits per heavy atom. The van der Waals surface area contributed by atoms with E-state index in [-0.39, 0.29) is 0 Å². The van der Waals surface area contributed by atoms with Crippen LogP contribution in [-0.4, -0.2) is 20.2 Å². The third-order valence-corrected chi connectivity index (χ3v) is 3.01. The molecule has 1 aromatic carbocycles. The van der Waals surface area contributed by atoms with E-state index in [1.807, 2.05) is 24.3 Å². The van der Waals surface area contributed by atoms with Crippen LogP contribution in [0.15, 0.2) is 47.1 Å². The van der Waals surface area contributed by atoms with Crippen molar-refractivity contribution in [2.75, 3.05) is 0 Å². The van der Waals surface area contributed by atoms with E-state index in [1.165, 1.54) is 11.1 Å². The molecule has 3 rings (SSSR count). The van der Waals surface area contributed by atoms with Gasteiger partial charge < -0.3 is 4.42 Å². The van der Waals surface area contributed by atoms with Gasteiger partial charge in [0.2, 0.25) is 5.82 Å². The molecule has 0 spiro atoms. The van der Waals surface area contributed by atoms with Crippen molar-refractivity contribution in [3.63, 3.8) is 0 Å². The van der Waals surface area contributed by atoms with Crippen LogP contribution in [0, 0.1) is 0 Å². The fourth-order valence-electron chi connectivity index (χ4n) is 2.02. The van der Waals surface area contributed by atoms with Gasteiger partial charge in [0.1, 0.15) is 0 Å². The number of tetrazole rings is 1. The van der Waals surface area contributed by atoms with E-state index in [1.54, 1.807) is 11.1 Å². The van der Waals surface area contributed by atoms with Crippen molar-refractivity contribution in [2.24, 2.45) is 0 Å². The molecule has 0 aliphatic carbocycles. The van der Waals surface area contributed by atoms with Crippen molar-refractivity contribution in [3.05, 3.63) is 53.8 Å². The summed E-state index contributed by atoms with van der Waals surface area (Å²) >= 11 is 0. The lowest BCUT2D eigenvalue weighted by atomic mass is 10.1. The monoisotopic (exact) mass is 254 g/mol. The molecule has 0 aliphatic heterocycles. The average Bonchev–Trinajstić information content (AvgIpc) is 3.09. The zero-order valence-corrected chi connectivity index (χ0v) is 10.7. The second-order valence-corrected chi connectivity index (χ2v) is 4.24. The van der Waals surface area contributed by atoms with Gasteiger partial charge in [-0.2, -0.15) is 4.80 Å². The van der Waals surface area contributed by atoms with E-state index in [2.05, 4.69) is 34.5 Å². The maximum Gasteiger partial charge on any atom is 0.240 e. The van der Waals surface area contributed by atoms with Crippen LogP contribution in [-0.2, 0) is 13.0 Å². The van der Waals surface area contributed by atoms with Crippen LogP contribution in [0.3, 0.4) is 0 Å². The number of nitrogens with zero attached hydrogens (tertiary/aromatic N) is 4. The van der Waals surface area contributed by atoms with Gasteiger partial charge in [-0.1, -0.05) is 31.2 Å². The van der Waals surface area contributed by atoms with Crippen LogP contribution in [0.25, 0.3) is 11.6 Å². The normalized spacial score (nSPS) is 10.8. The summed E-state index contributed by atoms with van der Waals surface area (Å²) in [5.74, 6) is 1.15. The van der Waals surface area contributed by atoms with Crippen LogP contribution >= 0.6 is 0 Å². The van der Waals surface area contributed by atoms with Crippen molar-refractivity contribution in [1.29, 1.82) is 0 Å². The molecular formula is C14H14N4O. The lowest BCUT2D eigenvalue weighted by Gasteiger charge is -2.05. The number of furan rings is 1. The molecule has 0 atom stereocenters. The van der Waals surface area contributed by atoms with Crippen LogP contribution < -0.4 is 0 Å². The summed E-state index contributed by atoms with van der Waals surface area (Å²) in [5, 5.41) is 12.4. The zero-order valence-electron chi connectivity index (χ0n) is 10.7. The van der Waals surface area contributed by atoms with Crippen molar-refractivity contribution in [3.8, 4) is 11.6 Å². The Labute approximate surface area is 110 Å². The van der Waals surface area contributed by atoms with Crippen LogP contribution in [0.4, 0.5) is 0 Å². The van der Waals surface area contributed by atoms with Gasteiger partial charge in [-0.05, 0) is 34.9 Å². The van der Waals surface area contributed by atoms with Gasteiger partial charge in [0.25, 0.3) is 0 Å². The van der Waals surface area contributed by atoms with Crippen LogP contribution in [0.5, 0.6) is 0 Å². The van der Waals surface area contributed by atoms with E-state index in [9.17, 15) is 0 Å². The second kappa shape index (κ2) is 5.06. The first-order valence-corrected chi connectivity index (χ1v) is 6.25. The van der Waals surface area contributed by atoms with Gasteiger partial charge in [-0.15, -0.1) is 10.2 Å². The van der Waals surface area contributed by atoms with Crippen LogP contribution in [0.1, 0.15) is 18.1 Å². The average molecular weight is 254 g/mol. The predicted molar refractivity (Wildman–Crippen MR) is 70.4 cm³/mol. The minimum Gasteiger partial charge on any atom is -0.461 e. The molecule has 0 N–H and O–H groups in total. The van der Waals surface area contributed by atoms with Crippen molar-refractivity contribution in [2.45, 2.75) is 19.9 Å². The highest BCUT2D eigenvalue weighted by Gasteiger charge is 2.09. The molecule has 0 bridgehead atoms. The Bertz CT molecular complexity index is 658. The fourth-order valence-corrected chi connectivity index (χ4v) is 2.02. The molecule has 19 heavy (non-hydrogen) atoms. The number of hydrogen-bond donors (Lipinski definition) is 0. The molecule has 2 aromatic heterocycles. The van der Waals surface area contributed by atoms with Gasteiger partial charge in [-0.25, -0.2) is 0 Å². The SMILES string of the molecule is CCc1ccccc1Cn1nnc(-c2ccco2)n1. The van der Waals surface area contributed by atoms with E-state index >= 15 is 0 Å². The predicted octanol–water partition coefficient (Wildman–Crippen LogP) is 2.54. The Kier molecular flexibility index (Phi) is 3.10. The topological polar surface area (TPSA) is 56.7 Å². The maximum atomic E-state index is 5.25. The van der Waals surface area contributed by atoms with Crippen molar-refractivity contribution < 1.29 is 4.42 Å². The highest BCUT2D eigenvalue weighted by molar-refractivity contribution is 5.43. The summed E-state index contributed by atoms with van der Waals surface area (Å²) in [7, 11) is 0.